The van der Waals surface area contributed by atoms with Crippen LogP contribution in [0.2, 0.25) is 26.5 Å². The number of hydrogen-bond acceptors (Lipinski definition) is 0. The average Bonchev–Trinajstić information content (AvgIpc) is 1.94. The average molecular weight is 187 g/mol. The largest absolute Gasteiger partial charge is 0.554 e. The first kappa shape index (κ1) is 10.5. The van der Waals surface area contributed by atoms with Crippen LogP contribution < -0.4 is 0 Å². The summed E-state index contributed by atoms with van der Waals surface area (Å²) in [5.74, 6) is 2.22. The Kier molecular flexibility index (Phi) is 3.26. The molecule has 0 saturated heterocycles. The minimum Gasteiger partial charge on any atom is -0.554 e. The molecule has 0 aromatic rings. The molecule has 0 fully saturated rings. The van der Waals surface area contributed by atoms with Crippen LogP contribution in [0.1, 0.15) is 0 Å². The van der Waals surface area contributed by atoms with Gasteiger partial charge in [0.2, 0.25) is 0 Å². The van der Waals surface area contributed by atoms with Crippen LogP contribution in [0.15, 0.2) is 24.2 Å². The normalized spacial score (nSPS) is 25.5. The molecule has 13 heavy (non-hydrogen) atoms. The second-order valence-corrected chi connectivity index (χ2v) is 9.50. The third-order valence-corrected chi connectivity index (χ3v) is 4.38. The molecule has 0 amide bonds. The molecule has 0 atom stereocenters. The van der Waals surface area contributed by atoms with Gasteiger partial charge in [-0.15, -0.1) is 6.08 Å². The molecule has 0 spiro atoms. The van der Waals surface area contributed by atoms with Gasteiger partial charge in [-0.2, -0.15) is 6.35 Å². The van der Waals surface area contributed by atoms with Gasteiger partial charge in [0.15, 0.2) is 0 Å². The quantitative estimate of drug-likeness (QED) is 0.437. The third-order valence-electron chi connectivity index (χ3n) is 2.17. The predicted octanol–water partition coefficient (Wildman–Crippen LogP) is 2.57. The molecule has 0 N–H and O–H groups in total. The topological polar surface area (TPSA) is 0 Å². The Morgan fingerprint density at radius 2 is 2.00 bits per heavy atom. The van der Waals surface area contributed by atoms with E-state index in [-0.39, 0.29) is 0 Å². The lowest BCUT2D eigenvalue weighted by Gasteiger charge is -2.41. The summed E-state index contributed by atoms with van der Waals surface area (Å²) in [4.78, 5) is 0. The zero-order valence-corrected chi connectivity index (χ0v) is 9.89. The maximum absolute atomic E-state index is 3.37. The van der Waals surface area contributed by atoms with Crippen molar-refractivity contribution in [2.24, 2.45) is 0 Å². The molecule has 1 aliphatic rings. The van der Waals surface area contributed by atoms with Crippen molar-refractivity contribution in [2.45, 2.75) is 26.5 Å². The van der Waals surface area contributed by atoms with E-state index in [9.17, 15) is 0 Å². The Balaban J connectivity index is 3.11. The van der Waals surface area contributed by atoms with Crippen molar-refractivity contribution in [1.82, 2.24) is 0 Å². The van der Waals surface area contributed by atoms with E-state index in [0.717, 1.165) is 0 Å². The van der Waals surface area contributed by atoms with Crippen molar-refractivity contribution >= 4 is 19.5 Å². The maximum atomic E-state index is 3.37. The Labute approximate surface area is 82.8 Å². The lowest BCUT2D eigenvalue weighted by Crippen LogP contribution is -2.37. The SMILES string of the molecule is C[B-]1=C(\[Si](C)(C)C)[C-]=C[C-]=C/C=C\1. The molecule has 0 nitrogen and oxygen atoms in total. The highest BCUT2D eigenvalue weighted by Gasteiger charge is 2.04. The highest BCUT2D eigenvalue weighted by Crippen LogP contribution is 2.06. The van der Waals surface area contributed by atoms with Crippen LogP contribution in [-0.2, 0) is 0 Å². The van der Waals surface area contributed by atoms with E-state index in [0.29, 0.717) is 6.35 Å². The summed E-state index contributed by atoms with van der Waals surface area (Å²) in [5.41, 5.74) is 0. The van der Waals surface area contributed by atoms with Crippen LogP contribution >= 0.6 is 0 Å². The van der Waals surface area contributed by atoms with Gasteiger partial charge >= 0.3 is 0 Å². The van der Waals surface area contributed by atoms with Crippen molar-refractivity contribution in [3.8, 4) is 0 Å². The summed E-state index contributed by atoms with van der Waals surface area (Å²) >= 11 is 0. The van der Waals surface area contributed by atoms with Crippen LogP contribution in [0.3, 0.4) is 0 Å². The molecule has 1 aliphatic heterocycles. The lowest BCUT2D eigenvalue weighted by molar-refractivity contribution is 1.78. The lowest BCUT2D eigenvalue weighted by atomic mass is 9.64. The molecule has 2 heteroatoms. The monoisotopic (exact) mass is 187 g/mol. The van der Waals surface area contributed by atoms with E-state index >= 15 is 0 Å². The number of hydrogen-bond donors (Lipinski definition) is 0. The summed E-state index contributed by atoms with van der Waals surface area (Å²) in [7, 11) is -1.20. The Morgan fingerprint density at radius 3 is 2.62 bits per heavy atom. The smallest absolute Gasteiger partial charge is 0.000435 e. The van der Waals surface area contributed by atoms with E-state index in [4.69, 9.17) is 0 Å². The van der Waals surface area contributed by atoms with Gasteiger partial charge in [-0.3, -0.25) is 12.1 Å². The number of allylic oxidation sites excluding steroid dienone is 5. The molecule has 0 aromatic carbocycles. The van der Waals surface area contributed by atoms with Gasteiger partial charge in [-0.25, -0.2) is 6.82 Å². The van der Waals surface area contributed by atoms with Crippen LogP contribution in [0.5, 0.6) is 0 Å². The summed E-state index contributed by atoms with van der Waals surface area (Å²) in [6.45, 7) is 9.32. The fourth-order valence-electron chi connectivity index (χ4n) is 1.57. The molecule has 1 rings (SSSR count). The summed E-state index contributed by atoms with van der Waals surface area (Å²) in [6.07, 6.45) is 12.9. The fraction of sp³-hybridized carbons (Fsp3) is 0.364. The highest BCUT2D eigenvalue weighted by molar-refractivity contribution is 7.17. The van der Waals surface area contributed by atoms with Gasteiger partial charge in [-0.05, 0) is 0 Å². The van der Waals surface area contributed by atoms with E-state index in [1.54, 1.807) is 0 Å². The maximum Gasteiger partial charge on any atom is 0.000435 e. The standard InChI is InChI=1S/C11H16BSi/c1-12-10-8-6-5-7-9-11(12)13(2,3)4/h6-8,10H,1-4H3/q-3/b8-6?,10-8-. The zero-order valence-electron chi connectivity index (χ0n) is 8.89. The summed E-state index contributed by atoms with van der Waals surface area (Å²) in [6, 6.07) is 0. The first-order chi connectivity index (χ1) is 6.02. The number of rotatable bonds is 1. The van der Waals surface area contributed by atoms with E-state index in [1.165, 1.54) is 5.09 Å². The molecule has 0 aromatic heterocycles. The Hall–Kier alpha value is -0.628. The van der Waals surface area contributed by atoms with Crippen molar-refractivity contribution in [3.63, 3.8) is 0 Å². The van der Waals surface area contributed by atoms with Crippen LogP contribution in [-0.4, -0.2) is 19.5 Å². The minimum absolute atomic E-state index is 0.529. The first-order valence-electron chi connectivity index (χ1n) is 4.73. The molecule has 0 bridgehead atoms. The molecular formula is C11H16BSi-3. The van der Waals surface area contributed by atoms with Crippen molar-refractivity contribution in [3.05, 3.63) is 36.4 Å². The van der Waals surface area contributed by atoms with E-state index in [1.807, 2.05) is 12.2 Å². The minimum atomic E-state index is -1.20. The second-order valence-electron chi connectivity index (χ2n) is 4.46. The van der Waals surface area contributed by atoms with Crippen molar-refractivity contribution < 1.29 is 0 Å². The Bertz CT molecular complexity index is 301. The summed E-state index contributed by atoms with van der Waals surface area (Å²) in [5, 5.41) is 1.48. The van der Waals surface area contributed by atoms with Crippen LogP contribution in [0, 0.1) is 12.2 Å². The van der Waals surface area contributed by atoms with Crippen molar-refractivity contribution in [2.75, 3.05) is 0 Å². The second kappa shape index (κ2) is 4.05. The molecular weight excluding hydrogens is 171 g/mol. The molecule has 0 aliphatic carbocycles. The third kappa shape index (κ3) is 2.96. The van der Waals surface area contributed by atoms with E-state index < -0.39 is 8.07 Å². The first-order valence-corrected chi connectivity index (χ1v) is 8.23. The van der Waals surface area contributed by atoms with Gasteiger partial charge in [-0.1, -0.05) is 19.6 Å². The summed E-state index contributed by atoms with van der Waals surface area (Å²) < 4.78 is 0. The van der Waals surface area contributed by atoms with Gasteiger partial charge in [0.05, 0.1) is 0 Å². The highest BCUT2D eigenvalue weighted by atomic mass is 28.3. The van der Waals surface area contributed by atoms with Gasteiger partial charge in [0.1, 0.15) is 0 Å². The van der Waals surface area contributed by atoms with E-state index in [2.05, 4.69) is 50.7 Å². The molecule has 1 heterocycles. The molecule has 0 radical (unpaired) electrons. The predicted molar refractivity (Wildman–Crippen MR) is 64.7 cm³/mol. The Morgan fingerprint density at radius 1 is 1.31 bits per heavy atom. The van der Waals surface area contributed by atoms with Crippen molar-refractivity contribution in [1.29, 1.82) is 0 Å². The fourth-order valence-corrected chi connectivity index (χ4v) is 3.54. The molecule has 0 unspecified atom stereocenters. The van der Waals surface area contributed by atoms with Gasteiger partial charge in [0.25, 0.3) is 0 Å². The molecule has 70 valence electrons. The molecule has 0 saturated carbocycles. The zero-order chi connectivity index (χ0) is 9.90. The van der Waals surface area contributed by atoms with Gasteiger partial charge < -0.3 is 23.3 Å². The van der Waals surface area contributed by atoms with Crippen LogP contribution in [0.4, 0.5) is 0 Å². The van der Waals surface area contributed by atoms with Crippen LogP contribution in [0.25, 0.3) is 0 Å². The van der Waals surface area contributed by atoms with Gasteiger partial charge in [0, 0.05) is 8.07 Å².